The summed E-state index contributed by atoms with van der Waals surface area (Å²) in [6.07, 6.45) is 7.81. The van der Waals surface area contributed by atoms with Crippen LogP contribution in [-0.2, 0) is 0 Å². The average molecular weight is 273 g/mol. The Morgan fingerprint density at radius 1 is 1.15 bits per heavy atom. The summed E-state index contributed by atoms with van der Waals surface area (Å²) in [7, 11) is 0. The molecule has 108 valence electrons. The molecule has 0 unspecified atom stereocenters. The molecule has 3 fully saturated rings. The molecule has 0 atom stereocenters. The third kappa shape index (κ3) is 2.35. The van der Waals surface area contributed by atoms with E-state index in [1.807, 2.05) is 0 Å². The minimum atomic E-state index is 0.559. The van der Waals surface area contributed by atoms with Crippen LogP contribution in [0.5, 0.6) is 0 Å². The Balaban J connectivity index is 1.71. The van der Waals surface area contributed by atoms with Crippen molar-refractivity contribution in [2.75, 3.05) is 16.9 Å². The molecule has 1 heterocycles. The topological polar surface area (TPSA) is 67.1 Å². The number of nitrogen functional groups attached to an aromatic ring is 1. The van der Waals surface area contributed by atoms with Gasteiger partial charge in [0.25, 0.3) is 0 Å². The molecule has 5 nitrogen and oxygen atoms in total. The van der Waals surface area contributed by atoms with E-state index in [1.54, 1.807) is 0 Å². The second-order valence-electron chi connectivity index (χ2n) is 6.62. The lowest BCUT2D eigenvalue weighted by molar-refractivity contribution is 0.700. The summed E-state index contributed by atoms with van der Waals surface area (Å²) in [5, 5.41) is 0. The Labute approximate surface area is 119 Å². The van der Waals surface area contributed by atoms with Gasteiger partial charge in [-0.05, 0) is 51.4 Å². The molecule has 0 aromatic carbocycles. The second-order valence-corrected chi connectivity index (χ2v) is 6.62. The van der Waals surface area contributed by atoms with Gasteiger partial charge in [0.1, 0.15) is 17.5 Å². The van der Waals surface area contributed by atoms with E-state index in [-0.39, 0.29) is 0 Å². The van der Waals surface area contributed by atoms with Crippen LogP contribution in [0.4, 0.5) is 11.6 Å². The second kappa shape index (κ2) is 4.58. The number of hydrogen-bond donors (Lipinski definition) is 2. The number of nitrogens with one attached hydrogen (secondary N) is 1. The highest BCUT2D eigenvalue weighted by molar-refractivity contribution is 5.59. The number of nitrogens with zero attached hydrogens (tertiary/aromatic N) is 3. The minimum absolute atomic E-state index is 0.559. The summed E-state index contributed by atoms with van der Waals surface area (Å²) in [5.74, 6) is 10.0. The summed E-state index contributed by atoms with van der Waals surface area (Å²) in [5.41, 5.74) is 3.87. The lowest BCUT2D eigenvalue weighted by atomic mass is 10.2. The Kier molecular flexibility index (Phi) is 2.84. The average Bonchev–Trinajstić information content (AvgIpc) is 3.28. The summed E-state index contributed by atoms with van der Waals surface area (Å²) >= 11 is 0. The highest BCUT2D eigenvalue weighted by Gasteiger charge is 2.37. The van der Waals surface area contributed by atoms with Crippen LogP contribution in [0.15, 0.2) is 0 Å². The molecular weight excluding hydrogens is 250 g/mol. The summed E-state index contributed by atoms with van der Waals surface area (Å²) in [4.78, 5) is 12.0. The van der Waals surface area contributed by atoms with E-state index in [1.165, 1.54) is 38.5 Å². The van der Waals surface area contributed by atoms with Gasteiger partial charge in [0, 0.05) is 24.1 Å². The third-order valence-corrected chi connectivity index (χ3v) is 4.63. The van der Waals surface area contributed by atoms with Gasteiger partial charge < -0.3 is 10.3 Å². The van der Waals surface area contributed by atoms with Crippen LogP contribution in [0.3, 0.4) is 0 Å². The lowest BCUT2D eigenvalue weighted by Crippen LogP contribution is -2.30. The first-order chi connectivity index (χ1) is 9.76. The van der Waals surface area contributed by atoms with Crippen molar-refractivity contribution in [2.24, 2.45) is 11.8 Å². The fraction of sp³-hybridized carbons (Fsp3) is 0.733. The predicted molar refractivity (Wildman–Crippen MR) is 79.6 cm³/mol. The van der Waals surface area contributed by atoms with Crippen molar-refractivity contribution in [1.29, 1.82) is 0 Å². The summed E-state index contributed by atoms with van der Waals surface area (Å²) in [6, 6.07) is 0.696. The maximum Gasteiger partial charge on any atom is 0.148 e. The number of aromatic nitrogens is 2. The first-order valence-corrected chi connectivity index (χ1v) is 7.88. The zero-order valence-electron chi connectivity index (χ0n) is 12.1. The maximum absolute atomic E-state index is 5.66. The molecule has 1 aromatic rings. The van der Waals surface area contributed by atoms with Gasteiger partial charge in [-0.25, -0.2) is 15.8 Å². The molecule has 3 saturated carbocycles. The Morgan fingerprint density at radius 2 is 1.90 bits per heavy atom. The largest absolute Gasteiger partial charge is 0.353 e. The Hall–Kier alpha value is -1.36. The SMILES string of the molecule is Cc1c(NN)nc(C2CC2)nc1N(CC1CC1)C1CC1. The molecule has 3 aliphatic carbocycles. The van der Waals surface area contributed by atoms with Gasteiger partial charge in [0.15, 0.2) is 0 Å². The number of hydrazine groups is 1. The van der Waals surface area contributed by atoms with Gasteiger partial charge in [0.05, 0.1) is 0 Å². The fourth-order valence-electron chi connectivity index (χ4n) is 2.84. The van der Waals surface area contributed by atoms with E-state index < -0.39 is 0 Å². The van der Waals surface area contributed by atoms with Crippen molar-refractivity contribution >= 4 is 11.6 Å². The van der Waals surface area contributed by atoms with Crippen molar-refractivity contribution in [1.82, 2.24) is 9.97 Å². The van der Waals surface area contributed by atoms with Crippen molar-refractivity contribution in [3.8, 4) is 0 Å². The number of rotatable bonds is 6. The van der Waals surface area contributed by atoms with Gasteiger partial charge in [-0.3, -0.25) is 0 Å². The van der Waals surface area contributed by atoms with Crippen molar-refractivity contribution in [3.63, 3.8) is 0 Å². The maximum atomic E-state index is 5.66. The standard InChI is InChI=1S/C15H23N5/c1-9-13(19-16)17-14(11-4-5-11)18-15(9)20(12-6-7-12)8-10-2-3-10/h10-12H,2-8,16H2,1H3,(H,17,18,19). The smallest absolute Gasteiger partial charge is 0.148 e. The Morgan fingerprint density at radius 3 is 2.45 bits per heavy atom. The van der Waals surface area contributed by atoms with Gasteiger partial charge >= 0.3 is 0 Å². The van der Waals surface area contributed by atoms with Crippen LogP contribution >= 0.6 is 0 Å². The zero-order chi connectivity index (χ0) is 13.7. The molecule has 0 amide bonds. The van der Waals surface area contributed by atoms with Crippen LogP contribution < -0.4 is 16.2 Å². The van der Waals surface area contributed by atoms with E-state index in [2.05, 4.69) is 22.2 Å². The van der Waals surface area contributed by atoms with Gasteiger partial charge in [0.2, 0.25) is 0 Å². The number of nitrogens with two attached hydrogens (primary N) is 1. The highest BCUT2D eigenvalue weighted by Crippen LogP contribution is 2.42. The molecule has 1 aromatic heterocycles. The molecule has 5 heteroatoms. The van der Waals surface area contributed by atoms with E-state index >= 15 is 0 Å². The normalized spacial score (nSPS) is 21.9. The van der Waals surface area contributed by atoms with Gasteiger partial charge in [-0.1, -0.05) is 0 Å². The first kappa shape index (κ1) is 12.4. The minimum Gasteiger partial charge on any atom is -0.353 e. The molecule has 20 heavy (non-hydrogen) atoms. The van der Waals surface area contributed by atoms with Crippen LogP contribution in [0.1, 0.15) is 55.8 Å². The molecule has 0 aliphatic heterocycles. The van der Waals surface area contributed by atoms with Crippen LogP contribution in [0, 0.1) is 12.8 Å². The molecule has 0 spiro atoms. The van der Waals surface area contributed by atoms with Crippen LogP contribution in [0.25, 0.3) is 0 Å². The molecule has 0 bridgehead atoms. The Bertz CT molecular complexity index is 517. The molecule has 3 N–H and O–H groups in total. The molecule has 0 saturated heterocycles. The predicted octanol–water partition coefficient (Wildman–Crippen LogP) is 2.33. The monoisotopic (exact) mass is 273 g/mol. The summed E-state index contributed by atoms with van der Waals surface area (Å²) < 4.78 is 0. The van der Waals surface area contributed by atoms with E-state index in [4.69, 9.17) is 10.8 Å². The first-order valence-electron chi connectivity index (χ1n) is 7.88. The molecule has 0 radical (unpaired) electrons. The zero-order valence-corrected chi connectivity index (χ0v) is 12.1. The van der Waals surface area contributed by atoms with Gasteiger partial charge in [-0.15, -0.1) is 0 Å². The van der Waals surface area contributed by atoms with Crippen LogP contribution in [-0.4, -0.2) is 22.6 Å². The number of hydrogen-bond acceptors (Lipinski definition) is 5. The summed E-state index contributed by atoms with van der Waals surface area (Å²) in [6.45, 7) is 3.25. The van der Waals surface area contributed by atoms with Crippen molar-refractivity contribution in [2.45, 2.75) is 57.4 Å². The van der Waals surface area contributed by atoms with E-state index in [9.17, 15) is 0 Å². The van der Waals surface area contributed by atoms with E-state index in [0.29, 0.717) is 12.0 Å². The van der Waals surface area contributed by atoms with E-state index in [0.717, 1.165) is 35.5 Å². The van der Waals surface area contributed by atoms with Crippen molar-refractivity contribution in [3.05, 3.63) is 11.4 Å². The molecule has 4 rings (SSSR count). The quantitative estimate of drug-likeness (QED) is 0.615. The number of anilines is 2. The third-order valence-electron chi connectivity index (χ3n) is 4.63. The fourth-order valence-corrected chi connectivity index (χ4v) is 2.84. The molecular formula is C15H23N5. The van der Waals surface area contributed by atoms with Crippen LogP contribution in [0.2, 0.25) is 0 Å². The van der Waals surface area contributed by atoms with Gasteiger partial charge in [-0.2, -0.15) is 0 Å². The van der Waals surface area contributed by atoms with Crippen molar-refractivity contribution < 1.29 is 0 Å². The lowest BCUT2D eigenvalue weighted by Gasteiger charge is -2.26. The molecule has 3 aliphatic rings. The highest BCUT2D eigenvalue weighted by atomic mass is 15.3.